The molecule has 4 nitrogen and oxygen atoms in total. The molecule has 2 aromatic rings. The highest BCUT2D eigenvalue weighted by atomic mass is 16.2. The van der Waals surface area contributed by atoms with Crippen LogP contribution in [0.1, 0.15) is 29.5 Å². The molecule has 4 heteroatoms. The van der Waals surface area contributed by atoms with Crippen LogP contribution in [0.25, 0.3) is 0 Å². The Morgan fingerprint density at radius 2 is 1.73 bits per heavy atom. The number of carbonyl (C=O) groups is 1. The van der Waals surface area contributed by atoms with Gasteiger partial charge in [0, 0.05) is 25.3 Å². The first kappa shape index (κ1) is 17.3. The van der Waals surface area contributed by atoms with Gasteiger partial charge in [-0.1, -0.05) is 36.4 Å². The van der Waals surface area contributed by atoms with Crippen LogP contribution in [0.15, 0.2) is 48.5 Å². The Bertz CT molecular complexity index is 767. The molecule has 26 heavy (non-hydrogen) atoms. The standard InChI is InChI=1S/C22H27N3O/c26-22(17-25-13-10-19-7-1-2-8-20(19)16-25)23-21-9-5-6-18(14-21)15-24-11-3-4-12-24/h1-2,5-9,14H,3-4,10-13,15-17H2,(H,23,26). The summed E-state index contributed by atoms with van der Waals surface area (Å²) in [6.07, 6.45) is 3.62. The minimum Gasteiger partial charge on any atom is -0.325 e. The third-order valence-corrected chi connectivity index (χ3v) is 5.39. The molecule has 0 unspecified atom stereocenters. The van der Waals surface area contributed by atoms with Crippen molar-refractivity contribution < 1.29 is 4.79 Å². The molecule has 1 N–H and O–H groups in total. The van der Waals surface area contributed by atoms with Crippen molar-refractivity contribution in [1.29, 1.82) is 0 Å². The number of rotatable bonds is 5. The highest BCUT2D eigenvalue weighted by molar-refractivity contribution is 5.92. The molecule has 2 heterocycles. The molecule has 136 valence electrons. The van der Waals surface area contributed by atoms with Gasteiger partial charge < -0.3 is 5.32 Å². The summed E-state index contributed by atoms with van der Waals surface area (Å²) < 4.78 is 0. The number of benzene rings is 2. The summed E-state index contributed by atoms with van der Waals surface area (Å²) in [6, 6.07) is 16.8. The molecule has 0 aliphatic carbocycles. The number of hydrogen-bond donors (Lipinski definition) is 1. The lowest BCUT2D eigenvalue weighted by atomic mass is 10.00. The van der Waals surface area contributed by atoms with E-state index in [1.165, 1.54) is 42.6 Å². The van der Waals surface area contributed by atoms with Crippen molar-refractivity contribution in [2.45, 2.75) is 32.4 Å². The molecule has 2 aliphatic heterocycles. The number of amides is 1. The molecule has 0 saturated carbocycles. The molecule has 1 amide bonds. The Hall–Kier alpha value is -2.17. The first-order chi connectivity index (χ1) is 12.8. The van der Waals surface area contributed by atoms with Crippen LogP contribution in [-0.4, -0.2) is 41.9 Å². The van der Waals surface area contributed by atoms with E-state index in [9.17, 15) is 4.79 Å². The fraction of sp³-hybridized carbons (Fsp3) is 0.409. The maximum atomic E-state index is 12.5. The molecule has 0 bridgehead atoms. The van der Waals surface area contributed by atoms with E-state index in [1.54, 1.807) is 0 Å². The van der Waals surface area contributed by atoms with E-state index in [1.807, 2.05) is 12.1 Å². The number of nitrogens with one attached hydrogen (secondary N) is 1. The van der Waals surface area contributed by atoms with E-state index >= 15 is 0 Å². The van der Waals surface area contributed by atoms with Crippen LogP contribution < -0.4 is 5.32 Å². The van der Waals surface area contributed by atoms with Crippen LogP contribution in [0.3, 0.4) is 0 Å². The number of hydrogen-bond acceptors (Lipinski definition) is 3. The summed E-state index contributed by atoms with van der Waals surface area (Å²) in [5.74, 6) is 0.0719. The first-order valence-corrected chi connectivity index (χ1v) is 9.66. The highest BCUT2D eigenvalue weighted by Crippen LogP contribution is 2.19. The van der Waals surface area contributed by atoms with Crippen molar-refractivity contribution in [2.24, 2.45) is 0 Å². The van der Waals surface area contributed by atoms with E-state index in [-0.39, 0.29) is 5.91 Å². The molecule has 0 spiro atoms. The molecule has 4 rings (SSSR count). The van der Waals surface area contributed by atoms with Gasteiger partial charge in [-0.3, -0.25) is 14.6 Å². The van der Waals surface area contributed by atoms with Gasteiger partial charge in [-0.05, 0) is 61.2 Å². The number of nitrogens with zero attached hydrogens (tertiary/aromatic N) is 2. The molecular weight excluding hydrogens is 322 g/mol. The summed E-state index contributed by atoms with van der Waals surface area (Å²) in [7, 11) is 0. The Balaban J connectivity index is 1.32. The Labute approximate surface area is 155 Å². The van der Waals surface area contributed by atoms with Gasteiger partial charge in [0.1, 0.15) is 0 Å². The zero-order valence-corrected chi connectivity index (χ0v) is 15.3. The fourth-order valence-electron chi connectivity index (χ4n) is 4.04. The lowest BCUT2D eigenvalue weighted by molar-refractivity contribution is -0.117. The van der Waals surface area contributed by atoms with Crippen LogP contribution in [0.5, 0.6) is 0 Å². The minimum absolute atomic E-state index is 0.0719. The van der Waals surface area contributed by atoms with Crippen molar-refractivity contribution in [3.8, 4) is 0 Å². The molecule has 0 atom stereocenters. The SMILES string of the molecule is O=C(CN1CCc2ccccc2C1)Nc1cccc(CN2CCCC2)c1. The van der Waals surface area contributed by atoms with E-state index < -0.39 is 0 Å². The van der Waals surface area contributed by atoms with Gasteiger partial charge in [0.2, 0.25) is 5.91 Å². The summed E-state index contributed by atoms with van der Waals surface area (Å²) in [4.78, 5) is 17.2. The van der Waals surface area contributed by atoms with Crippen molar-refractivity contribution in [2.75, 3.05) is 31.5 Å². The molecule has 0 radical (unpaired) electrons. The average molecular weight is 349 g/mol. The van der Waals surface area contributed by atoms with Crippen LogP contribution in [0.4, 0.5) is 5.69 Å². The smallest absolute Gasteiger partial charge is 0.238 e. The zero-order valence-electron chi connectivity index (χ0n) is 15.3. The summed E-state index contributed by atoms with van der Waals surface area (Å²) in [6.45, 7) is 5.61. The number of likely N-dealkylation sites (tertiary alicyclic amines) is 1. The maximum absolute atomic E-state index is 12.5. The quantitative estimate of drug-likeness (QED) is 0.900. The molecule has 2 aromatic carbocycles. The van der Waals surface area contributed by atoms with Gasteiger partial charge in [-0.25, -0.2) is 0 Å². The van der Waals surface area contributed by atoms with Crippen LogP contribution >= 0.6 is 0 Å². The summed E-state index contributed by atoms with van der Waals surface area (Å²) >= 11 is 0. The van der Waals surface area contributed by atoms with Gasteiger partial charge in [0.15, 0.2) is 0 Å². The molecule has 2 aliphatic rings. The van der Waals surface area contributed by atoms with Gasteiger partial charge in [-0.15, -0.1) is 0 Å². The topological polar surface area (TPSA) is 35.6 Å². The van der Waals surface area contributed by atoms with Gasteiger partial charge in [0.25, 0.3) is 0 Å². The highest BCUT2D eigenvalue weighted by Gasteiger charge is 2.18. The van der Waals surface area contributed by atoms with Crippen molar-refractivity contribution in [3.05, 3.63) is 65.2 Å². The Kier molecular flexibility index (Phi) is 5.32. The van der Waals surface area contributed by atoms with E-state index in [0.29, 0.717) is 6.54 Å². The van der Waals surface area contributed by atoms with Gasteiger partial charge in [0.05, 0.1) is 6.54 Å². The van der Waals surface area contributed by atoms with Crippen LogP contribution in [0.2, 0.25) is 0 Å². The normalized spacial score (nSPS) is 17.8. The third-order valence-electron chi connectivity index (χ3n) is 5.39. The number of fused-ring (bicyclic) bond motifs is 1. The largest absolute Gasteiger partial charge is 0.325 e. The van der Waals surface area contributed by atoms with Crippen molar-refractivity contribution in [3.63, 3.8) is 0 Å². The third kappa shape index (κ3) is 4.32. The van der Waals surface area contributed by atoms with E-state index in [2.05, 4.69) is 51.5 Å². The maximum Gasteiger partial charge on any atom is 0.238 e. The lowest BCUT2D eigenvalue weighted by Crippen LogP contribution is -2.37. The summed E-state index contributed by atoms with van der Waals surface area (Å²) in [5.41, 5.74) is 4.94. The van der Waals surface area contributed by atoms with Crippen molar-refractivity contribution >= 4 is 11.6 Å². The lowest BCUT2D eigenvalue weighted by Gasteiger charge is -2.28. The van der Waals surface area contributed by atoms with Gasteiger partial charge in [-0.2, -0.15) is 0 Å². The van der Waals surface area contributed by atoms with Crippen LogP contribution in [0, 0.1) is 0 Å². The Morgan fingerprint density at radius 3 is 2.58 bits per heavy atom. The predicted octanol–water partition coefficient (Wildman–Crippen LogP) is 3.28. The second-order valence-corrected chi connectivity index (χ2v) is 7.46. The molecule has 0 aromatic heterocycles. The minimum atomic E-state index is 0.0719. The molecule has 1 saturated heterocycles. The van der Waals surface area contributed by atoms with E-state index in [0.717, 1.165) is 31.7 Å². The van der Waals surface area contributed by atoms with Crippen molar-refractivity contribution in [1.82, 2.24) is 9.80 Å². The van der Waals surface area contributed by atoms with Gasteiger partial charge >= 0.3 is 0 Å². The fourth-order valence-corrected chi connectivity index (χ4v) is 4.04. The first-order valence-electron chi connectivity index (χ1n) is 9.66. The number of anilines is 1. The second-order valence-electron chi connectivity index (χ2n) is 7.46. The predicted molar refractivity (Wildman–Crippen MR) is 105 cm³/mol. The monoisotopic (exact) mass is 349 g/mol. The number of carbonyl (C=O) groups excluding carboxylic acids is 1. The molecular formula is C22H27N3O. The van der Waals surface area contributed by atoms with E-state index in [4.69, 9.17) is 0 Å². The van der Waals surface area contributed by atoms with Crippen LogP contribution in [-0.2, 0) is 24.3 Å². The molecule has 1 fully saturated rings. The Morgan fingerprint density at radius 1 is 0.923 bits per heavy atom. The zero-order chi connectivity index (χ0) is 17.8. The summed E-state index contributed by atoms with van der Waals surface area (Å²) in [5, 5.41) is 3.08. The second kappa shape index (κ2) is 8.02. The average Bonchev–Trinajstić information content (AvgIpc) is 3.15.